The van der Waals surface area contributed by atoms with Gasteiger partial charge in [0.2, 0.25) is 0 Å². The predicted molar refractivity (Wildman–Crippen MR) is 168 cm³/mol. The number of nitrogens with one attached hydrogen (secondary N) is 1. The number of hydrazone groups is 1. The van der Waals surface area contributed by atoms with Gasteiger partial charge in [-0.1, -0.05) is 72.3 Å². The molecule has 0 saturated heterocycles. The maximum absolute atomic E-state index is 12.8. The molecule has 6 rings (SSSR count). The van der Waals surface area contributed by atoms with E-state index in [4.69, 9.17) is 16.0 Å². The lowest BCUT2D eigenvalue weighted by Gasteiger charge is -2.15. The fraction of sp³-hybridized carbons (Fsp3) is 0. The van der Waals surface area contributed by atoms with E-state index in [-0.39, 0.29) is 16.6 Å². The molecule has 0 aliphatic carbocycles. The first-order valence-electron chi connectivity index (χ1n) is 13.3. The number of rotatable bonds is 8. The molecule has 0 saturated carbocycles. The quantitative estimate of drug-likeness (QED) is 0.110. The van der Waals surface area contributed by atoms with E-state index in [0.717, 1.165) is 28.2 Å². The summed E-state index contributed by atoms with van der Waals surface area (Å²) in [5.74, 6) is 0.402. The van der Waals surface area contributed by atoms with Crippen molar-refractivity contribution >= 4 is 29.4 Å². The minimum Gasteiger partial charge on any atom is -0.455 e. The lowest BCUT2D eigenvalue weighted by molar-refractivity contribution is -0.384. The number of nitro benzene ring substituents is 1. The summed E-state index contributed by atoms with van der Waals surface area (Å²) in [6, 6.07) is 39.3. The van der Waals surface area contributed by atoms with E-state index >= 15 is 0 Å². The van der Waals surface area contributed by atoms with Crippen molar-refractivity contribution < 1.29 is 14.1 Å². The van der Waals surface area contributed by atoms with Gasteiger partial charge < -0.3 is 8.98 Å². The highest BCUT2D eigenvalue weighted by Gasteiger charge is 2.15. The van der Waals surface area contributed by atoms with Crippen LogP contribution >= 0.6 is 11.6 Å². The standard InChI is InChI=1S/C34H23ClN4O4/c35-30-21-27(39(41)42)15-17-29(30)33-20-16-28(43-33)22-36-37-34(40)25-11-13-26(14-12-25)38-31(23-7-3-1-4-8-23)18-19-32(38)24-9-5-2-6-10-24/h1-22H,(H,37,40)/b36-22-. The molecule has 1 N–H and O–H groups in total. The van der Waals surface area contributed by atoms with E-state index in [0.29, 0.717) is 22.6 Å². The van der Waals surface area contributed by atoms with Crippen molar-refractivity contribution in [2.45, 2.75) is 0 Å². The Morgan fingerprint density at radius 1 is 0.814 bits per heavy atom. The third kappa shape index (κ3) is 5.86. The largest absolute Gasteiger partial charge is 0.455 e. The van der Waals surface area contributed by atoms with E-state index in [1.54, 1.807) is 24.3 Å². The summed E-state index contributed by atoms with van der Waals surface area (Å²) >= 11 is 6.20. The number of non-ortho nitro benzene ring substituents is 1. The fourth-order valence-corrected chi connectivity index (χ4v) is 5.02. The maximum Gasteiger partial charge on any atom is 0.271 e. The van der Waals surface area contributed by atoms with E-state index in [1.807, 2.05) is 48.5 Å². The zero-order valence-electron chi connectivity index (χ0n) is 22.6. The van der Waals surface area contributed by atoms with Gasteiger partial charge in [0.1, 0.15) is 11.5 Å². The van der Waals surface area contributed by atoms with Gasteiger partial charge in [-0.15, -0.1) is 0 Å². The summed E-state index contributed by atoms with van der Waals surface area (Å²) < 4.78 is 7.91. The van der Waals surface area contributed by atoms with Crippen LogP contribution in [-0.2, 0) is 0 Å². The van der Waals surface area contributed by atoms with Crippen LogP contribution in [0.5, 0.6) is 0 Å². The van der Waals surface area contributed by atoms with Crippen molar-refractivity contribution in [2.24, 2.45) is 5.10 Å². The van der Waals surface area contributed by atoms with E-state index in [1.165, 1.54) is 24.4 Å². The number of nitro groups is 1. The number of carbonyl (C=O) groups is 1. The summed E-state index contributed by atoms with van der Waals surface area (Å²) in [6.07, 6.45) is 1.37. The van der Waals surface area contributed by atoms with Crippen molar-refractivity contribution in [2.75, 3.05) is 0 Å². The van der Waals surface area contributed by atoms with Crippen LogP contribution in [0.3, 0.4) is 0 Å². The highest BCUT2D eigenvalue weighted by atomic mass is 35.5. The van der Waals surface area contributed by atoms with Crippen molar-refractivity contribution in [1.29, 1.82) is 0 Å². The molecule has 6 aromatic rings. The van der Waals surface area contributed by atoms with Crippen molar-refractivity contribution in [3.63, 3.8) is 0 Å². The normalized spacial score (nSPS) is 11.1. The molecule has 1 amide bonds. The Bertz CT molecular complexity index is 1890. The summed E-state index contributed by atoms with van der Waals surface area (Å²) in [6.45, 7) is 0. The second kappa shape index (κ2) is 12.0. The van der Waals surface area contributed by atoms with Crippen LogP contribution < -0.4 is 5.43 Å². The lowest BCUT2D eigenvalue weighted by Crippen LogP contribution is -2.17. The zero-order valence-corrected chi connectivity index (χ0v) is 23.3. The number of halogens is 1. The number of amides is 1. The van der Waals surface area contributed by atoms with Gasteiger partial charge in [-0.2, -0.15) is 5.10 Å². The van der Waals surface area contributed by atoms with Crippen LogP contribution in [0, 0.1) is 10.1 Å². The Kier molecular flexibility index (Phi) is 7.67. The molecular weight excluding hydrogens is 564 g/mol. The molecule has 2 aromatic heterocycles. The van der Waals surface area contributed by atoms with Gasteiger partial charge in [-0.05, 0) is 65.7 Å². The summed E-state index contributed by atoms with van der Waals surface area (Å²) in [5, 5.41) is 15.2. The number of furan rings is 1. The van der Waals surface area contributed by atoms with Gasteiger partial charge in [0.15, 0.2) is 0 Å². The lowest BCUT2D eigenvalue weighted by atomic mass is 10.1. The van der Waals surface area contributed by atoms with Crippen LogP contribution in [0.2, 0.25) is 5.02 Å². The second-order valence-corrected chi connectivity index (χ2v) is 9.95. The van der Waals surface area contributed by atoms with Gasteiger partial charge in [0.05, 0.1) is 27.5 Å². The molecule has 0 spiro atoms. The number of benzene rings is 4. The highest BCUT2D eigenvalue weighted by Crippen LogP contribution is 2.33. The predicted octanol–water partition coefficient (Wildman–Crippen LogP) is 8.40. The number of aromatic nitrogens is 1. The average Bonchev–Trinajstić information content (AvgIpc) is 3.70. The Balaban J connectivity index is 1.19. The number of carbonyl (C=O) groups excluding carboxylic acids is 1. The molecule has 0 aliphatic rings. The first-order valence-corrected chi connectivity index (χ1v) is 13.7. The van der Waals surface area contributed by atoms with Crippen LogP contribution in [0.4, 0.5) is 5.69 Å². The Morgan fingerprint density at radius 3 is 2.02 bits per heavy atom. The molecule has 8 nitrogen and oxygen atoms in total. The SMILES string of the molecule is O=C(N/N=C\c1ccc(-c2ccc([N+](=O)[O-])cc2Cl)o1)c1ccc(-n2c(-c3ccccc3)ccc2-c2ccccc2)cc1. The van der Waals surface area contributed by atoms with Crippen molar-refractivity contribution in [3.8, 4) is 39.5 Å². The first kappa shape index (κ1) is 27.4. The van der Waals surface area contributed by atoms with Gasteiger partial charge in [0, 0.05) is 28.9 Å². The van der Waals surface area contributed by atoms with Crippen molar-refractivity contribution in [1.82, 2.24) is 9.99 Å². The molecule has 0 unspecified atom stereocenters. The maximum atomic E-state index is 12.8. The molecule has 2 heterocycles. The molecular formula is C34H23ClN4O4. The van der Waals surface area contributed by atoms with Gasteiger partial charge in [-0.3, -0.25) is 14.9 Å². The second-order valence-electron chi connectivity index (χ2n) is 9.54. The highest BCUT2D eigenvalue weighted by molar-refractivity contribution is 6.33. The minimum atomic E-state index is -0.517. The molecule has 0 radical (unpaired) electrons. The Labute approximate surface area is 251 Å². The van der Waals surface area contributed by atoms with Gasteiger partial charge in [0.25, 0.3) is 11.6 Å². The zero-order chi connectivity index (χ0) is 29.8. The summed E-state index contributed by atoms with van der Waals surface area (Å²) in [5.41, 5.74) is 8.50. The van der Waals surface area contributed by atoms with Crippen LogP contribution in [0.15, 0.2) is 137 Å². The molecule has 0 bridgehead atoms. The smallest absolute Gasteiger partial charge is 0.271 e. The summed E-state index contributed by atoms with van der Waals surface area (Å²) in [4.78, 5) is 23.3. The van der Waals surface area contributed by atoms with Gasteiger partial charge >= 0.3 is 0 Å². The number of hydrogen-bond acceptors (Lipinski definition) is 5. The third-order valence-corrected chi connectivity index (χ3v) is 7.13. The molecule has 0 fully saturated rings. The molecule has 0 atom stereocenters. The monoisotopic (exact) mass is 586 g/mol. The molecule has 9 heteroatoms. The van der Waals surface area contributed by atoms with E-state index in [9.17, 15) is 14.9 Å². The molecule has 4 aromatic carbocycles. The Hall–Kier alpha value is -5.73. The molecule has 210 valence electrons. The van der Waals surface area contributed by atoms with Crippen molar-refractivity contribution in [3.05, 3.63) is 154 Å². The van der Waals surface area contributed by atoms with Crippen LogP contribution in [0.25, 0.3) is 39.5 Å². The average molecular weight is 587 g/mol. The Morgan fingerprint density at radius 2 is 1.44 bits per heavy atom. The summed E-state index contributed by atoms with van der Waals surface area (Å²) in [7, 11) is 0. The van der Waals surface area contributed by atoms with E-state index in [2.05, 4.69) is 51.5 Å². The van der Waals surface area contributed by atoms with Crippen LogP contribution in [-0.4, -0.2) is 21.6 Å². The van der Waals surface area contributed by atoms with E-state index < -0.39 is 4.92 Å². The van der Waals surface area contributed by atoms with Crippen LogP contribution in [0.1, 0.15) is 16.1 Å². The molecule has 43 heavy (non-hydrogen) atoms. The topological polar surface area (TPSA) is 103 Å². The third-order valence-electron chi connectivity index (χ3n) is 6.82. The number of nitrogens with zero attached hydrogens (tertiary/aromatic N) is 3. The fourth-order valence-electron chi connectivity index (χ4n) is 4.75. The molecule has 0 aliphatic heterocycles. The number of hydrogen-bond donors (Lipinski definition) is 1. The van der Waals surface area contributed by atoms with Gasteiger partial charge in [-0.25, -0.2) is 5.43 Å². The first-order chi connectivity index (χ1) is 21.0. The minimum absolute atomic E-state index is 0.112.